The molecule has 1 atom stereocenters. The lowest BCUT2D eigenvalue weighted by Gasteiger charge is -2.19. The second-order valence-corrected chi connectivity index (χ2v) is 3.66. The highest BCUT2D eigenvalue weighted by atomic mass is 16.4. The van der Waals surface area contributed by atoms with Crippen LogP contribution in [0.2, 0.25) is 0 Å². The Bertz CT molecular complexity index is 220. The zero-order valence-electron chi connectivity index (χ0n) is 9.05. The molecule has 0 radical (unpaired) electrons. The molecule has 80 valence electrons. The SMILES string of the molecule is CCCCCCC(C#N)(CC)C(=O)O. The topological polar surface area (TPSA) is 61.1 Å². The largest absolute Gasteiger partial charge is 0.480 e. The third kappa shape index (κ3) is 3.37. The highest BCUT2D eigenvalue weighted by Gasteiger charge is 2.36. The minimum Gasteiger partial charge on any atom is -0.480 e. The van der Waals surface area contributed by atoms with Crippen molar-refractivity contribution in [1.29, 1.82) is 5.26 Å². The summed E-state index contributed by atoms with van der Waals surface area (Å²) in [4.78, 5) is 10.9. The van der Waals surface area contributed by atoms with E-state index >= 15 is 0 Å². The van der Waals surface area contributed by atoms with Gasteiger partial charge in [-0.25, -0.2) is 0 Å². The van der Waals surface area contributed by atoms with Crippen LogP contribution in [-0.4, -0.2) is 11.1 Å². The molecule has 3 heteroatoms. The molecule has 0 rings (SSSR count). The molecule has 0 aromatic carbocycles. The third-order valence-electron chi connectivity index (χ3n) is 2.68. The van der Waals surface area contributed by atoms with E-state index in [0.717, 1.165) is 25.7 Å². The average molecular weight is 197 g/mol. The third-order valence-corrected chi connectivity index (χ3v) is 2.68. The fraction of sp³-hybridized carbons (Fsp3) is 0.818. The number of carboxylic acid groups (broad SMARTS) is 1. The molecule has 0 spiro atoms. The van der Waals surface area contributed by atoms with Crippen LogP contribution in [0.15, 0.2) is 0 Å². The van der Waals surface area contributed by atoms with Gasteiger partial charge in [-0.05, 0) is 12.8 Å². The van der Waals surface area contributed by atoms with E-state index in [1.54, 1.807) is 6.92 Å². The maximum atomic E-state index is 10.9. The number of nitriles is 1. The van der Waals surface area contributed by atoms with Crippen LogP contribution in [0.5, 0.6) is 0 Å². The van der Waals surface area contributed by atoms with Crippen molar-refractivity contribution in [3.63, 3.8) is 0 Å². The first-order valence-corrected chi connectivity index (χ1v) is 5.27. The van der Waals surface area contributed by atoms with E-state index in [2.05, 4.69) is 6.92 Å². The molecule has 0 bridgehead atoms. The predicted octanol–water partition coefficient (Wildman–Crippen LogP) is 2.96. The number of carboxylic acids is 1. The van der Waals surface area contributed by atoms with Gasteiger partial charge in [0.2, 0.25) is 0 Å². The van der Waals surface area contributed by atoms with Crippen molar-refractivity contribution in [2.45, 2.75) is 52.4 Å². The van der Waals surface area contributed by atoms with Gasteiger partial charge in [0.15, 0.2) is 5.41 Å². The molecule has 0 saturated carbocycles. The molecule has 0 aliphatic heterocycles. The smallest absolute Gasteiger partial charge is 0.324 e. The Morgan fingerprint density at radius 1 is 1.36 bits per heavy atom. The van der Waals surface area contributed by atoms with Gasteiger partial charge in [0, 0.05) is 0 Å². The Kier molecular flexibility index (Phi) is 5.94. The zero-order chi connectivity index (χ0) is 11.0. The fourth-order valence-corrected chi connectivity index (χ4v) is 1.47. The van der Waals surface area contributed by atoms with Gasteiger partial charge in [-0.15, -0.1) is 0 Å². The van der Waals surface area contributed by atoms with Gasteiger partial charge in [0.25, 0.3) is 0 Å². The van der Waals surface area contributed by atoms with Crippen LogP contribution in [-0.2, 0) is 4.79 Å². The van der Waals surface area contributed by atoms with Crippen molar-refractivity contribution in [2.24, 2.45) is 5.41 Å². The number of hydrogen-bond donors (Lipinski definition) is 1. The lowest BCUT2D eigenvalue weighted by atomic mass is 9.81. The van der Waals surface area contributed by atoms with Crippen molar-refractivity contribution in [2.75, 3.05) is 0 Å². The maximum Gasteiger partial charge on any atom is 0.324 e. The number of unbranched alkanes of at least 4 members (excludes halogenated alkanes) is 3. The zero-order valence-corrected chi connectivity index (χ0v) is 9.05. The number of nitrogens with zero attached hydrogens (tertiary/aromatic N) is 1. The first kappa shape index (κ1) is 13.0. The van der Waals surface area contributed by atoms with E-state index in [9.17, 15) is 4.79 Å². The summed E-state index contributed by atoms with van der Waals surface area (Å²) in [6, 6.07) is 1.94. The number of carbonyl (C=O) groups is 1. The van der Waals surface area contributed by atoms with Crippen LogP contribution in [0.1, 0.15) is 52.4 Å². The molecule has 14 heavy (non-hydrogen) atoms. The van der Waals surface area contributed by atoms with Crippen molar-refractivity contribution >= 4 is 5.97 Å². The summed E-state index contributed by atoms with van der Waals surface area (Å²) in [7, 11) is 0. The first-order valence-electron chi connectivity index (χ1n) is 5.27. The van der Waals surface area contributed by atoms with E-state index in [4.69, 9.17) is 10.4 Å². The molecular formula is C11H19NO2. The van der Waals surface area contributed by atoms with Crippen LogP contribution < -0.4 is 0 Å². The van der Waals surface area contributed by atoms with Crippen molar-refractivity contribution < 1.29 is 9.90 Å². The van der Waals surface area contributed by atoms with Crippen molar-refractivity contribution in [3.05, 3.63) is 0 Å². The van der Waals surface area contributed by atoms with Crippen molar-refractivity contribution in [3.8, 4) is 6.07 Å². The molecule has 0 amide bonds. The summed E-state index contributed by atoms with van der Waals surface area (Å²) < 4.78 is 0. The molecule has 0 aromatic rings. The summed E-state index contributed by atoms with van der Waals surface area (Å²) in [5.74, 6) is -0.973. The van der Waals surface area contributed by atoms with E-state index in [1.807, 2.05) is 6.07 Å². The average Bonchev–Trinajstić information content (AvgIpc) is 2.18. The quantitative estimate of drug-likeness (QED) is 0.638. The lowest BCUT2D eigenvalue weighted by molar-refractivity contribution is -0.146. The van der Waals surface area contributed by atoms with E-state index in [0.29, 0.717) is 12.8 Å². The van der Waals surface area contributed by atoms with Gasteiger partial charge < -0.3 is 5.11 Å². The number of rotatable bonds is 7. The van der Waals surface area contributed by atoms with Crippen LogP contribution in [0.4, 0.5) is 0 Å². The highest BCUT2D eigenvalue weighted by Crippen LogP contribution is 2.28. The van der Waals surface area contributed by atoms with Crippen LogP contribution >= 0.6 is 0 Å². The van der Waals surface area contributed by atoms with Crippen LogP contribution in [0.25, 0.3) is 0 Å². The maximum absolute atomic E-state index is 10.9. The molecular weight excluding hydrogens is 178 g/mol. The fourth-order valence-electron chi connectivity index (χ4n) is 1.47. The predicted molar refractivity (Wildman–Crippen MR) is 54.7 cm³/mol. The normalized spacial score (nSPS) is 14.4. The van der Waals surface area contributed by atoms with Gasteiger partial charge in [0.1, 0.15) is 0 Å². The molecule has 0 aliphatic rings. The summed E-state index contributed by atoms with van der Waals surface area (Å²) in [5.41, 5.74) is -1.15. The Labute approximate surface area is 85.7 Å². The lowest BCUT2D eigenvalue weighted by Crippen LogP contribution is -2.28. The number of aliphatic carboxylic acids is 1. The minimum atomic E-state index is -1.15. The minimum absolute atomic E-state index is 0.394. The monoisotopic (exact) mass is 197 g/mol. The van der Waals surface area contributed by atoms with Gasteiger partial charge in [0.05, 0.1) is 6.07 Å². The Morgan fingerprint density at radius 2 is 2.00 bits per heavy atom. The number of hydrogen-bond acceptors (Lipinski definition) is 2. The summed E-state index contributed by atoms with van der Waals surface area (Å²) >= 11 is 0. The Morgan fingerprint density at radius 3 is 2.36 bits per heavy atom. The highest BCUT2D eigenvalue weighted by molar-refractivity contribution is 5.77. The molecule has 0 fully saturated rings. The Hall–Kier alpha value is -1.04. The van der Waals surface area contributed by atoms with E-state index < -0.39 is 11.4 Å². The molecule has 1 unspecified atom stereocenters. The van der Waals surface area contributed by atoms with Gasteiger partial charge >= 0.3 is 5.97 Å². The molecule has 0 aliphatic carbocycles. The summed E-state index contributed by atoms with van der Waals surface area (Å²) in [5, 5.41) is 17.8. The second-order valence-electron chi connectivity index (χ2n) is 3.66. The van der Waals surface area contributed by atoms with Gasteiger partial charge in [-0.2, -0.15) is 5.26 Å². The molecule has 0 heterocycles. The Balaban J connectivity index is 4.11. The first-order chi connectivity index (χ1) is 6.63. The molecule has 0 saturated heterocycles. The van der Waals surface area contributed by atoms with E-state index in [1.165, 1.54) is 0 Å². The van der Waals surface area contributed by atoms with E-state index in [-0.39, 0.29) is 0 Å². The van der Waals surface area contributed by atoms with Gasteiger partial charge in [-0.3, -0.25) is 4.79 Å². The molecule has 0 aromatic heterocycles. The summed E-state index contributed by atoms with van der Waals surface area (Å²) in [6.07, 6.45) is 4.97. The van der Waals surface area contributed by atoms with Crippen molar-refractivity contribution in [1.82, 2.24) is 0 Å². The van der Waals surface area contributed by atoms with Crippen LogP contribution in [0.3, 0.4) is 0 Å². The standard InChI is InChI=1S/C11H19NO2/c1-3-5-6-7-8-11(4-2,9-12)10(13)14/h3-8H2,1-2H3,(H,13,14). The van der Waals surface area contributed by atoms with Gasteiger partial charge in [-0.1, -0.05) is 39.5 Å². The molecule has 3 nitrogen and oxygen atoms in total. The molecule has 1 N–H and O–H groups in total. The summed E-state index contributed by atoms with van der Waals surface area (Å²) in [6.45, 7) is 3.87. The van der Waals surface area contributed by atoms with Crippen LogP contribution in [0, 0.1) is 16.7 Å². The second kappa shape index (κ2) is 6.42.